The van der Waals surface area contributed by atoms with Gasteiger partial charge in [-0.05, 0) is 12.1 Å². The molecule has 2 aromatic rings. The molecular weight excluding hydrogens is 233 g/mol. The van der Waals surface area contributed by atoms with Crippen molar-refractivity contribution in [3.8, 4) is 11.8 Å². The summed E-state index contributed by atoms with van der Waals surface area (Å²) in [6, 6.07) is 9.17. The van der Waals surface area contributed by atoms with Gasteiger partial charge in [0.1, 0.15) is 12.4 Å². The van der Waals surface area contributed by atoms with Crippen molar-refractivity contribution >= 4 is 23.2 Å². The number of halogens is 2. The van der Waals surface area contributed by atoms with Gasteiger partial charge in [-0.2, -0.15) is 5.26 Å². The first-order valence-electron chi connectivity index (χ1n) is 4.12. The summed E-state index contributed by atoms with van der Waals surface area (Å²) in [5, 5.41) is 9.45. The SMILES string of the molecule is N#Cc1ccccc1-n1cnc(Cl)c1Cl. The molecule has 2 rings (SSSR count). The molecule has 0 amide bonds. The van der Waals surface area contributed by atoms with E-state index < -0.39 is 0 Å². The maximum absolute atomic E-state index is 8.92. The summed E-state index contributed by atoms with van der Waals surface area (Å²) in [6.07, 6.45) is 1.49. The summed E-state index contributed by atoms with van der Waals surface area (Å²) >= 11 is 11.7. The first-order chi connectivity index (χ1) is 7.24. The van der Waals surface area contributed by atoms with E-state index in [1.54, 1.807) is 22.8 Å². The van der Waals surface area contributed by atoms with Crippen molar-refractivity contribution in [1.29, 1.82) is 5.26 Å². The van der Waals surface area contributed by atoms with E-state index in [1.165, 1.54) is 6.33 Å². The summed E-state index contributed by atoms with van der Waals surface area (Å²) in [5.74, 6) is 0. The van der Waals surface area contributed by atoms with Gasteiger partial charge in [0.15, 0.2) is 10.3 Å². The number of nitrogens with zero attached hydrogens (tertiary/aromatic N) is 3. The van der Waals surface area contributed by atoms with Gasteiger partial charge >= 0.3 is 0 Å². The highest BCUT2D eigenvalue weighted by Crippen LogP contribution is 2.25. The number of aromatic nitrogens is 2. The second-order valence-corrected chi connectivity index (χ2v) is 3.54. The van der Waals surface area contributed by atoms with E-state index in [4.69, 9.17) is 28.5 Å². The summed E-state index contributed by atoms with van der Waals surface area (Å²) in [7, 11) is 0. The molecule has 0 radical (unpaired) electrons. The van der Waals surface area contributed by atoms with E-state index in [0.717, 1.165) is 0 Å². The zero-order valence-corrected chi connectivity index (χ0v) is 9.00. The summed E-state index contributed by atoms with van der Waals surface area (Å²) in [5.41, 5.74) is 1.19. The summed E-state index contributed by atoms with van der Waals surface area (Å²) in [4.78, 5) is 3.85. The Morgan fingerprint density at radius 1 is 1.27 bits per heavy atom. The van der Waals surface area contributed by atoms with Gasteiger partial charge in [-0.15, -0.1) is 0 Å². The first kappa shape index (κ1) is 10.0. The van der Waals surface area contributed by atoms with E-state index in [-0.39, 0.29) is 5.15 Å². The van der Waals surface area contributed by atoms with Crippen LogP contribution in [-0.2, 0) is 0 Å². The number of imidazole rings is 1. The number of hydrogen-bond acceptors (Lipinski definition) is 2. The molecule has 15 heavy (non-hydrogen) atoms. The van der Waals surface area contributed by atoms with Gasteiger partial charge in [-0.25, -0.2) is 4.98 Å². The van der Waals surface area contributed by atoms with Crippen LogP contribution in [0, 0.1) is 11.3 Å². The molecule has 5 heteroatoms. The van der Waals surface area contributed by atoms with Gasteiger partial charge in [0.2, 0.25) is 0 Å². The average Bonchev–Trinajstić information content (AvgIpc) is 2.60. The normalized spacial score (nSPS) is 9.93. The van der Waals surface area contributed by atoms with Gasteiger partial charge < -0.3 is 0 Å². The number of benzene rings is 1. The zero-order chi connectivity index (χ0) is 10.8. The lowest BCUT2D eigenvalue weighted by Crippen LogP contribution is -1.95. The molecule has 0 saturated carbocycles. The van der Waals surface area contributed by atoms with Crippen LogP contribution in [0.25, 0.3) is 5.69 Å². The Bertz CT molecular complexity index is 540. The Kier molecular flexibility index (Phi) is 2.63. The van der Waals surface area contributed by atoms with Crippen LogP contribution in [0.5, 0.6) is 0 Å². The maximum atomic E-state index is 8.92. The molecular formula is C10H5Cl2N3. The molecule has 0 aliphatic heterocycles. The smallest absolute Gasteiger partial charge is 0.166 e. The topological polar surface area (TPSA) is 41.6 Å². The van der Waals surface area contributed by atoms with E-state index in [2.05, 4.69) is 11.1 Å². The second-order valence-electron chi connectivity index (χ2n) is 2.83. The summed E-state index contributed by atoms with van der Waals surface area (Å²) < 4.78 is 1.57. The lowest BCUT2D eigenvalue weighted by Gasteiger charge is -2.04. The fraction of sp³-hybridized carbons (Fsp3) is 0. The third-order valence-corrected chi connectivity index (χ3v) is 2.69. The average molecular weight is 238 g/mol. The predicted octanol–water partition coefficient (Wildman–Crippen LogP) is 3.05. The van der Waals surface area contributed by atoms with Crippen molar-refractivity contribution in [3.05, 3.63) is 46.5 Å². The molecule has 74 valence electrons. The molecule has 0 N–H and O–H groups in total. The fourth-order valence-electron chi connectivity index (χ4n) is 1.26. The van der Waals surface area contributed by atoms with Crippen LogP contribution < -0.4 is 0 Å². The van der Waals surface area contributed by atoms with Crippen LogP contribution in [0.4, 0.5) is 0 Å². The minimum atomic E-state index is 0.226. The second kappa shape index (κ2) is 3.93. The Morgan fingerprint density at radius 2 is 2.00 bits per heavy atom. The molecule has 0 spiro atoms. The first-order valence-corrected chi connectivity index (χ1v) is 4.87. The van der Waals surface area contributed by atoms with E-state index in [0.29, 0.717) is 16.4 Å². The van der Waals surface area contributed by atoms with Crippen LogP contribution >= 0.6 is 23.2 Å². The van der Waals surface area contributed by atoms with Crippen LogP contribution in [0.3, 0.4) is 0 Å². The van der Waals surface area contributed by atoms with Gasteiger partial charge in [-0.3, -0.25) is 4.57 Å². The standard InChI is InChI=1S/C10H5Cl2N3/c11-9-10(12)15(6-14-9)8-4-2-1-3-7(8)5-13/h1-4,6H. The molecule has 1 aromatic heterocycles. The van der Waals surface area contributed by atoms with Gasteiger partial charge in [0, 0.05) is 0 Å². The fourth-order valence-corrected chi connectivity index (χ4v) is 1.58. The summed E-state index contributed by atoms with van der Waals surface area (Å²) in [6.45, 7) is 0. The number of para-hydroxylation sites is 1. The van der Waals surface area contributed by atoms with Gasteiger partial charge in [-0.1, -0.05) is 35.3 Å². The van der Waals surface area contributed by atoms with E-state index in [1.807, 2.05) is 6.07 Å². The third-order valence-electron chi connectivity index (χ3n) is 1.95. The molecule has 1 aromatic carbocycles. The maximum Gasteiger partial charge on any atom is 0.166 e. The Balaban J connectivity index is 2.65. The zero-order valence-electron chi connectivity index (χ0n) is 7.48. The van der Waals surface area contributed by atoms with Gasteiger partial charge in [0.25, 0.3) is 0 Å². The molecule has 0 aliphatic rings. The third kappa shape index (κ3) is 1.70. The van der Waals surface area contributed by atoms with E-state index in [9.17, 15) is 0 Å². The molecule has 0 aliphatic carbocycles. The number of nitriles is 1. The minimum absolute atomic E-state index is 0.226. The Hall–Kier alpha value is -1.50. The van der Waals surface area contributed by atoms with Crippen LogP contribution in [-0.4, -0.2) is 9.55 Å². The molecule has 0 saturated heterocycles. The number of rotatable bonds is 1. The van der Waals surface area contributed by atoms with Crippen LogP contribution in [0.1, 0.15) is 5.56 Å². The van der Waals surface area contributed by atoms with Crippen molar-refractivity contribution in [2.45, 2.75) is 0 Å². The highest BCUT2D eigenvalue weighted by atomic mass is 35.5. The molecule has 0 unspecified atom stereocenters. The molecule has 3 nitrogen and oxygen atoms in total. The molecule has 0 bridgehead atoms. The molecule has 0 fully saturated rings. The largest absolute Gasteiger partial charge is 0.287 e. The molecule has 1 heterocycles. The van der Waals surface area contributed by atoms with Gasteiger partial charge in [0.05, 0.1) is 11.3 Å². The minimum Gasteiger partial charge on any atom is -0.287 e. The van der Waals surface area contributed by atoms with Crippen molar-refractivity contribution < 1.29 is 0 Å². The lowest BCUT2D eigenvalue weighted by atomic mass is 10.2. The highest BCUT2D eigenvalue weighted by Gasteiger charge is 2.10. The number of hydrogen-bond donors (Lipinski definition) is 0. The van der Waals surface area contributed by atoms with Crippen molar-refractivity contribution in [1.82, 2.24) is 9.55 Å². The van der Waals surface area contributed by atoms with Crippen LogP contribution in [0.2, 0.25) is 10.3 Å². The predicted molar refractivity (Wildman–Crippen MR) is 58.3 cm³/mol. The van der Waals surface area contributed by atoms with Crippen molar-refractivity contribution in [2.24, 2.45) is 0 Å². The Labute approximate surface area is 96.5 Å². The van der Waals surface area contributed by atoms with E-state index >= 15 is 0 Å². The quantitative estimate of drug-likeness (QED) is 0.766. The van der Waals surface area contributed by atoms with Crippen molar-refractivity contribution in [2.75, 3.05) is 0 Å². The highest BCUT2D eigenvalue weighted by molar-refractivity contribution is 6.40. The lowest BCUT2D eigenvalue weighted by molar-refractivity contribution is 1.05. The molecule has 0 atom stereocenters. The van der Waals surface area contributed by atoms with Crippen molar-refractivity contribution in [3.63, 3.8) is 0 Å². The Morgan fingerprint density at radius 3 is 2.60 bits per heavy atom. The monoisotopic (exact) mass is 237 g/mol. The van der Waals surface area contributed by atoms with Crippen LogP contribution in [0.15, 0.2) is 30.6 Å².